The van der Waals surface area contributed by atoms with Gasteiger partial charge in [0, 0.05) is 0 Å². The molecule has 1 heterocycles. The molecule has 4 heteroatoms. The van der Waals surface area contributed by atoms with Gasteiger partial charge in [-0.1, -0.05) is 18.6 Å². The van der Waals surface area contributed by atoms with Crippen LogP contribution in [0.3, 0.4) is 0 Å². The lowest BCUT2D eigenvalue weighted by molar-refractivity contribution is -0.118. The third-order valence-electron chi connectivity index (χ3n) is 2.79. The van der Waals surface area contributed by atoms with Crippen LogP contribution in [0, 0.1) is 0 Å². The van der Waals surface area contributed by atoms with Crippen molar-refractivity contribution in [3.8, 4) is 5.75 Å². The second-order valence-electron chi connectivity index (χ2n) is 4.01. The second kappa shape index (κ2) is 4.99. The molecule has 0 spiro atoms. The van der Waals surface area contributed by atoms with Crippen LogP contribution in [-0.4, -0.2) is 23.6 Å². The fraction of sp³-hybridized carbons (Fsp3) is 0.417. The molecule has 1 saturated heterocycles. The number of carbonyl (C=O) groups is 1. The van der Waals surface area contributed by atoms with Gasteiger partial charge in [-0.2, -0.15) is 0 Å². The standard InChI is InChI=1S/C12H16N2O2/c15-11-7-2-1-5-9(11)14-12(16)10-6-3-4-8-13-10/h1-2,5,7,10,13,15H,3-4,6,8H2,(H,14,16). The number of para-hydroxylation sites is 2. The lowest BCUT2D eigenvalue weighted by Crippen LogP contribution is -2.43. The van der Waals surface area contributed by atoms with Crippen LogP contribution in [0.15, 0.2) is 24.3 Å². The van der Waals surface area contributed by atoms with Crippen molar-refractivity contribution in [3.63, 3.8) is 0 Å². The minimum absolute atomic E-state index is 0.0683. The molecule has 0 aliphatic carbocycles. The van der Waals surface area contributed by atoms with Crippen LogP contribution in [0.2, 0.25) is 0 Å². The lowest BCUT2D eigenvalue weighted by Gasteiger charge is -2.22. The quantitative estimate of drug-likeness (QED) is 0.661. The van der Waals surface area contributed by atoms with Crippen LogP contribution in [0.1, 0.15) is 19.3 Å². The van der Waals surface area contributed by atoms with Crippen LogP contribution in [0.5, 0.6) is 5.75 Å². The molecular formula is C12H16N2O2. The highest BCUT2D eigenvalue weighted by atomic mass is 16.3. The maximum atomic E-state index is 11.8. The molecule has 1 aliphatic rings. The first-order chi connectivity index (χ1) is 7.77. The van der Waals surface area contributed by atoms with Crippen LogP contribution in [-0.2, 0) is 4.79 Å². The highest BCUT2D eigenvalue weighted by Crippen LogP contribution is 2.22. The van der Waals surface area contributed by atoms with Gasteiger partial charge in [0.1, 0.15) is 5.75 Å². The normalized spacial score (nSPS) is 20.4. The molecular weight excluding hydrogens is 204 g/mol. The van der Waals surface area contributed by atoms with Crippen molar-refractivity contribution in [2.75, 3.05) is 11.9 Å². The van der Waals surface area contributed by atoms with E-state index in [4.69, 9.17) is 0 Å². The fourth-order valence-corrected chi connectivity index (χ4v) is 1.87. The molecule has 1 aromatic rings. The number of piperidine rings is 1. The number of amides is 1. The maximum Gasteiger partial charge on any atom is 0.241 e. The first kappa shape index (κ1) is 11.0. The highest BCUT2D eigenvalue weighted by molar-refractivity contribution is 5.96. The summed E-state index contributed by atoms with van der Waals surface area (Å²) in [6, 6.07) is 6.63. The van der Waals surface area contributed by atoms with E-state index in [0.29, 0.717) is 5.69 Å². The van der Waals surface area contributed by atoms with Gasteiger partial charge in [-0.05, 0) is 31.5 Å². The maximum absolute atomic E-state index is 11.8. The molecule has 1 amide bonds. The number of phenolic OH excluding ortho intramolecular Hbond substituents is 1. The van der Waals surface area contributed by atoms with Gasteiger partial charge in [-0.25, -0.2) is 0 Å². The molecule has 1 fully saturated rings. The van der Waals surface area contributed by atoms with Crippen molar-refractivity contribution in [2.45, 2.75) is 25.3 Å². The molecule has 86 valence electrons. The highest BCUT2D eigenvalue weighted by Gasteiger charge is 2.20. The summed E-state index contributed by atoms with van der Waals surface area (Å²) in [7, 11) is 0. The Bertz CT molecular complexity index is 373. The predicted molar refractivity (Wildman–Crippen MR) is 62.4 cm³/mol. The zero-order chi connectivity index (χ0) is 11.4. The van der Waals surface area contributed by atoms with Gasteiger partial charge in [0.2, 0.25) is 5.91 Å². The minimum atomic E-state index is -0.131. The van der Waals surface area contributed by atoms with Gasteiger partial charge in [-0.3, -0.25) is 4.79 Å². The van der Waals surface area contributed by atoms with Crippen LogP contribution >= 0.6 is 0 Å². The van der Waals surface area contributed by atoms with Gasteiger partial charge in [0.05, 0.1) is 11.7 Å². The monoisotopic (exact) mass is 220 g/mol. The Morgan fingerprint density at radius 1 is 1.38 bits per heavy atom. The first-order valence-corrected chi connectivity index (χ1v) is 5.59. The van der Waals surface area contributed by atoms with E-state index in [9.17, 15) is 9.90 Å². The van der Waals surface area contributed by atoms with E-state index >= 15 is 0 Å². The van der Waals surface area contributed by atoms with E-state index in [0.717, 1.165) is 25.8 Å². The summed E-state index contributed by atoms with van der Waals surface area (Å²) in [4.78, 5) is 11.8. The molecule has 1 aromatic carbocycles. The lowest BCUT2D eigenvalue weighted by atomic mass is 10.0. The molecule has 2 rings (SSSR count). The molecule has 0 aromatic heterocycles. The number of rotatable bonds is 2. The molecule has 1 aliphatic heterocycles. The van der Waals surface area contributed by atoms with E-state index < -0.39 is 0 Å². The minimum Gasteiger partial charge on any atom is -0.506 e. The van der Waals surface area contributed by atoms with Crippen LogP contribution < -0.4 is 10.6 Å². The third kappa shape index (κ3) is 2.52. The van der Waals surface area contributed by atoms with E-state index in [-0.39, 0.29) is 17.7 Å². The first-order valence-electron chi connectivity index (χ1n) is 5.59. The van der Waals surface area contributed by atoms with Gasteiger partial charge < -0.3 is 15.7 Å². The van der Waals surface area contributed by atoms with E-state index in [1.807, 2.05) is 0 Å². The zero-order valence-corrected chi connectivity index (χ0v) is 9.07. The van der Waals surface area contributed by atoms with E-state index in [1.54, 1.807) is 24.3 Å². The molecule has 3 N–H and O–H groups in total. The van der Waals surface area contributed by atoms with E-state index in [2.05, 4.69) is 10.6 Å². The average molecular weight is 220 g/mol. The largest absolute Gasteiger partial charge is 0.506 e. The Morgan fingerprint density at radius 2 is 2.19 bits per heavy atom. The number of hydrogen-bond acceptors (Lipinski definition) is 3. The Kier molecular flexibility index (Phi) is 3.41. The number of aromatic hydroxyl groups is 1. The van der Waals surface area contributed by atoms with Crippen molar-refractivity contribution < 1.29 is 9.90 Å². The van der Waals surface area contributed by atoms with Gasteiger partial charge in [-0.15, -0.1) is 0 Å². The number of anilines is 1. The molecule has 16 heavy (non-hydrogen) atoms. The predicted octanol–water partition coefficient (Wildman–Crippen LogP) is 1.47. The summed E-state index contributed by atoms with van der Waals surface area (Å²) >= 11 is 0. The third-order valence-corrected chi connectivity index (χ3v) is 2.79. The Labute approximate surface area is 94.7 Å². The SMILES string of the molecule is O=C(Nc1ccccc1O)C1CCCCN1. The topological polar surface area (TPSA) is 61.4 Å². The zero-order valence-electron chi connectivity index (χ0n) is 9.07. The van der Waals surface area contributed by atoms with Crippen molar-refractivity contribution in [3.05, 3.63) is 24.3 Å². The molecule has 0 bridgehead atoms. The summed E-state index contributed by atoms with van der Waals surface area (Å²) in [5, 5.41) is 15.4. The van der Waals surface area contributed by atoms with Crippen LogP contribution in [0.4, 0.5) is 5.69 Å². The number of carbonyl (C=O) groups excluding carboxylic acids is 1. The molecule has 1 atom stereocenters. The van der Waals surface area contributed by atoms with Crippen molar-refractivity contribution in [1.82, 2.24) is 5.32 Å². The average Bonchev–Trinajstić information content (AvgIpc) is 2.33. The van der Waals surface area contributed by atoms with Crippen molar-refractivity contribution in [2.24, 2.45) is 0 Å². The summed E-state index contributed by atoms with van der Waals surface area (Å²) in [6.07, 6.45) is 3.06. The second-order valence-corrected chi connectivity index (χ2v) is 4.01. The summed E-state index contributed by atoms with van der Waals surface area (Å²) in [5.74, 6) is 0.0351. The molecule has 1 unspecified atom stereocenters. The van der Waals surface area contributed by atoms with E-state index in [1.165, 1.54) is 0 Å². The van der Waals surface area contributed by atoms with Crippen molar-refractivity contribution >= 4 is 11.6 Å². The molecule has 0 radical (unpaired) electrons. The van der Waals surface area contributed by atoms with Gasteiger partial charge in [0.15, 0.2) is 0 Å². The Hall–Kier alpha value is -1.55. The molecule has 0 saturated carbocycles. The smallest absolute Gasteiger partial charge is 0.241 e. The van der Waals surface area contributed by atoms with Gasteiger partial charge >= 0.3 is 0 Å². The van der Waals surface area contributed by atoms with Gasteiger partial charge in [0.25, 0.3) is 0 Å². The fourth-order valence-electron chi connectivity index (χ4n) is 1.87. The summed E-state index contributed by atoms with van der Waals surface area (Å²) < 4.78 is 0. The Balaban J connectivity index is 1.99. The number of nitrogens with one attached hydrogen (secondary N) is 2. The number of hydrogen-bond donors (Lipinski definition) is 3. The van der Waals surface area contributed by atoms with Crippen molar-refractivity contribution in [1.29, 1.82) is 0 Å². The molecule has 4 nitrogen and oxygen atoms in total. The summed E-state index contributed by atoms with van der Waals surface area (Å²) in [5.41, 5.74) is 0.472. The Morgan fingerprint density at radius 3 is 2.88 bits per heavy atom. The summed E-state index contributed by atoms with van der Waals surface area (Å²) in [6.45, 7) is 0.888. The van der Waals surface area contributed by atoms with Crippen LogP contribution in [0.25, 0.3) is 0 Å². The number of benzene rings is 1. The number of phenols is 1.